The number of thiazole rings is 1. The number of para-hydroxylation sites is 2. The van der Waals surface area contributed by atoms with Crippen molar-refractivity contribution >= 4 is 40.6 Å². The number of carbonyl (C=O) groups excluding carboxylic acids is 2. The maximum atomic E-state index is 12.9. The highest BCUT2D eigenvalue weighted by Gasteiger charge is 2.24. The molecule has 0 fully saturated rings. The van der Waals surface area contributed by atoms with Gasteiger partial charge in [0.1, 0.15) is 17.1 Å². The zero-order valence-electron chi connectivity index (χ0n) is 20.6. The number of rotatable bonds is 10. The van der Waals surface area contributed by atoms with Gasteiger partial charge in [-0.2, -0.15) is 0 Å². The van der Waals surface area contributed by atoms with Crippen LogP contribution in [0.3, 0.4) is 0 Å². The van der Waals surface area contributed by atoms with E-state index >= 15 is 0 Å². The Morgan fingerprint density at radius 2 is 2.06 bits per heavy atom. The number of aromatic nitrogens is 3. The first-order chi connectivity index (χ1) is 16.6. The number of benzene rings is 1. The Morgan fingerprint density at radius 3 is 2.77 bits per heavy atom. The van der Waals surface area contributed by atoms with Crippen LogP contribution in [-0.4, -0.2) is 56.8 Å². The molecule has 0 spiro atoms. The Labute approximate surface area is 209 Å². The van der Waals surface area contributed by atoms with E-state index in [1.807, 2.05) is 52.0 Å². The van der Waals surface area contributed by atoms with Crippen molar-refractivity contribution in [1.82, 2.24) is 25.2 Å². The minimum absolute atomic E-state index is 0.243. The molecule has 0 atom stereocenters. The van der Waals surface area contributed by atoms with Crippen LogP contribution >= 0.6 is 11.3 Å². The Balaban J connectivity index is 1.62. The molecule has 0 aliphatic heterocycles. The first-order valence-corrected chi connectivity index (χ1v) is 12.3. The van der Waals surface area contributed by atoms with Gasteiger partial charge >= 0.3 is 6.09 Å². The average molecular weight is 497 g/mol. The van der Waals surface area contributed by atoms with Crippen LogP contribution in [0.15, 0.2) is 46.9 Å². The van der Waals surface area contributed by atoms with Crippen molar-refractivity contribution < 1.29 is 14.3 Å². The van der Waals surface area contributed by atoms with E-state index in [2.05, 4.69) is 31.8 Å². The molecule has 0 saturated carbocycles. The maximum absolute atomic E-state index is 12.9. The van der Waals surface area contributed by atoms with Gasteiger partial charge in [0.05, 0.1) is 22.6 Å². The molecule has 0 aliphatic rings. The number of amides is 2. The molecule has 9 nitrogen and oxygen atoms in total. The second-order valence-corrected chi connectivity index (χ2v) is 9.88. The van der Waals surface area contributed by atoms with E-state index < -0.39 is 11.7 Å². The monoisotopic (exact) mass is 496 g/mol. The number of H-pyrrole nitrogens is 1. The summed E-state index contributed by atoms with van der Waals surface area (Å²) in [6.07, 6.45) is 2.30. The first kappa shape index (κ1) is 26.1. The fraction of sp³-hybridized carbons (Fsp3) is 0.400. The van der Waals surface area contributed by atoms with Gasteiger partial charge in [-0.05, 0) is 39.8 Å². The molecule has 2 amide bonds. The quantitative estimate of drug-likeness (QED) is 0.394. The fourth-order valence-corrected chi connectivity index (χ4v) is 4.01. The van der Waals surface area contributed by atoms with E-state index in [9.17, 15) is 9.59 Å². The second-order valence-electron chi connectivity index (χ2n) is 8.94. The van der Waals surface area contributed by atoms with Crippen molar-refractivity contribution in [3.8, 4) is 0 Å². The standard InChI is InChI=1S/C25H32N6O3S/c1-6-26-17(2)11-13-27-23(32)20-16-35-22(30-20)12-14-31(24(33)34-25(3,4)5)15-21-28-18-9-7-8-10-19(18)29-21/h6-10,16H,2,11-15H2,1,3-5H3,(H,27,32)(H,28,29)/b26-6-. The van der Waals surface area contributed by atoms with Crippen LogP contribution in [0, 0.1) is 0 Å². The summed E-state index contributed by atoms with van der Waals surface area (Å²) >= 11 is 1.39. The molecule has 3 rings (SSSR count). The number of fused-ring (bicyclic) bond motifs is 1. The van der Waals surface area contributed by atoms with Gasteiger partial charge in [0.2, 0.25) is 0 Å². The molecule has 2 heterocycles. The lowest BCUT2D eigenvalue weighted by Gasteiger charge is -2.26. The minimum Gasteiger partial charge on any atom is -0.444 e. The fourth-order valence-electron chi connectivity index (χ4n) is 3.24. The lowest BCUT2D eigenvalue weighted by molar-refractivity contribution is 0.0231. The maximum Gasteiger partial charge on any atom is 0.410 e. The molecule has 2 aromatic heterocycles. The molecule has 0 bridgehead atoms. The van der Waals surface area contributed by atoms with Gasteiger partial charge in [-0.1, -0.05) is 18.7 Å². The smallest absolute Gasteiger partial charge is 0.410 e. The number of nitrogens with zero attached hydrogens (tertiary/aromatic N) is 4. The summed E-state index contributed by atoms with van der Waals surface area (Å²) in [7, 11) is 0. The number of nitrogens with one attached hydrogen (secondary N) is 2. The Bertz CT molecular complexity index is 1170. The van der Waals surface area contributed by atoms with Crippen molar-refractivity contribution in [2.75, 3.05) is 13.1 Å². The van der Waals surface area contributed by atoms with Crippen LogP contribution < -0.4 is 5.32 Å². The van der Waals surface area contributed by atoms with E-state index in [4.69, 9.17) is 4.74 Å². The van der Waals surface area contributed by atoms with Gasteiger partial charge in [0.25, 0.3) is 5.91 Å². The number of imidazole rings is 1. The predicted octanol–water partition coefficient (Wildman–Crippen LogP) is 4.72. The van der Waals surface area contributed by atoms with Crippen LogP contribution in [0.2, 0.25) is 0 Å². The summed E-state index contributed by atoms with van der Waals surface area (Å²) in [6.45, 7) is 12.2. The van der Waals surface area contributed by atoms with Crippen LogP contribution in [0.25, 0.3) is 11.0 Å². The van der Waals surface area contributed by atoms with Crippen molar-refractivity contribution in [3.05, 3.63) is 58.4 Å². The van der Waals surface area contributed by atoms with E-state index in [1.165, 1.54) is 11.3 Å². The lowest BCUT2D eigenvalue weighted by Crippen LogP contribution is -2.38. The molecule has 0 aliphatic carbocycles. The average Bonchev–Trinajstić information content (AvgIpc) is 3.42. The number of hydrogen-bond donors (Lipinski definition) is 2. The van der Waals surface area contributed by atoms with Gasteiger partial charge < -0.3 is 19.9 Å². The molecule has 35 heavy (non-hydrogen) atoms. The number of aliphatic imine (C=N–C) groups is 1. The molecule has 0 saturated heterocycles. The van der Waals surface area contributed by atoms with E-state index in [0.29, 0.717) is 43.1 Å². The Kier molecular flexibility index (Phi) is 8.75. The normalized spacial score (nSPS) is 11.7. The highest BCUT2D eigenvalue weighted by Crippen LogP contribution is 2.17. The minimum atomic E-state index is -0.622. The van der Waals surface area contributed by atoms with Gasteiger partial charge in [-0.3, -0.25) is 9.79 Å². The zero-order chi connectivity index (χ0) is 25.4. The molecule has 1 aromatic carbocycles. The SMILES string of the molecule is C=C(CCNC(=O)c1csc(CCN(Cc2nc3ccccc3[nH]2)C(=O)OC(C)(C)C)n1)/N=C\C. The summed E-state index contributed by atoms with van der Waals surface area (Å²) in [5.41, 5.74) is 2.19. The number of carbonyl (C=O) groups is 2. The van der Waals surface area contributed by atoms with Crippen molar-refractivity contribution in [3.63, 3.8) is 0 Å². The first-order valence-electron chi connectivity index (χ1n) is 11.4. The van der Waals surface area contributed by atoms with Crippen LogP contribution in [0.5, 0.6) is 0 Å². The molecule has 2 N–H and O–H groups in total. The van der Waals surface area contributed by atoms with Crippen molar-refractivity contribution in [2.45, 2.75) is 52.7 Å². The third kappa shape index (κ3) is 8.03. The van der Waals surface area contributed by atoms with E-state index in [0.717, 1.165) is 16.0 Å². The van der Waals surface area contributed by atoms with E-state index in [-0.39, 0.29) is 12.5 Å². The number of ether oxygens (including phenoxy) is 1. The second kappa shape index (κ2) is 11.7. The molecular weight excluding hydrogens is 464 g/mol. The molecular formula is C25H32N6O3S. The van der Waals surface area contributed by atoms with Gasteiger partial charge in [-0.25, -0.2) is 14.8 Å². The third-order valence-electron chi connectivity index (χ3n) is 4.82. The zero-order valence-corrected chi connectivity index (χ0v) is 21.4. The molecule has 0 radical (unpaired) electrons. The molecule has 3 aromatic rings. The lowest BCUT2D eigenvalue weighted by atomic mass is 10.2. The highest BCUT2D eigenvalue weighted by atomic mass is 32.1. The van der Waals surface area contributed by atoms with Crippen LogP contribution in [-0.2, 0) is 17.7 Å². The van der Waals surface area contributed by atoms with Crippen LogP contribution in [0.1, 0.15) is 55.4 Å². The Morgan fingerprint density at radius 1 is 1.29 bits per heavy atom. The van der Waals surface area contributed by atoms with Crippen molar-refractivity contribution in [1.29, 1.82) is 0 Å². The number of hydrogen-bond acceptors (Lipinski definition) is 7. The van der Waals surface area contributed by atoms with Gasteiger partial charge in [-0.15, -0.1) is 11.3 Å². The summed E-state index contributed by atoms with van der Waals surface area (Å²) in [6, 6.07) is 7.71. The van der Waals surface area contributed by atoms with E-state index in [1.54, 1.807) is 16.5 Å². The topological polar surface area (TPSA) is 113 Å². The predicted molar refractivity (Wildman–Crippen MR) is 139 cm³/mol. The summed E-state index contributed by atoms with van der Waals surface area (Å²) < 4.78 is 5.61. The van der Waals surface area contributed by atoms with Crippen LogP contribution in [0.4, 0.5) is 4.79 Å². The van der Waals surface area contributed by atoms with Crippen molar-refractivity contribution in [2.24, 2.45) is 4.99 Å². The Hall–Kier alpha value is -3.53. The molecule has 0 unspecified atom stereocenters. The van der Waals surface area contributed by atoms with Gasteiger partial charge in [0, 0.05) is 43.2 Å². The molecule has 186 valence electrons. The summed E-state index contributed by atoms with van der Waals surface area (Å²) in [5.74, 6) is 0.428. The highest BCUT2D eigenvalue weighted by molar-refractivity contribution is 7.09. The summed E-state index contributed by atoms with van der Waals surface area (Å²) in [4.78, 5) is 43.3. The largest absolute Gasteiger partial charge is 0.444 e. The molecule has 10 heteroatoms. The summed E-state index contributed by atoms with van der Waals surface area (Å²) in [5, 5.41) is 5.31. The third-order valence-corrected chi connectivity index (χ3v) is 5.73. The number of aromatic amines is 1. The van der Waals surface area contributed by atoms with Gasteiger partial charge in [0.15, 0.2) is 0 Å².